The molecule has 0 radical (unpaired) electrons. The summed E-state index contributed by atoms with van der Waals surface area (Å²) in [6.45, 7) is 4.30. The number of unbranched alkanes of at least 4 members (excludes halogenated alkanes) is 2. The first-order valence-corrected chi connectivity index (χ1v) is 11.1. The number of carboxylic acid groups (broad SMARTS) is 1. The van der Waals surface area contributed by atoms with E-state index in [4.69, 9.17) is 9.84 Å². The molecule has 0 saturated heterocycles. The van der Waals surface area contributed by atoms with E-state index in [1.165, 1.54) is 30.4 Å². The minimum atomic E-state index is -0.932. The Morgan fingerprint density at radius 2 is 2.07 bits per heavy atom. The van der Waals surface area contributed by atoms with Crippen LogP contribution in [0.15, 0.2) is 18.2 Å². The number of aliphatic carboxylic acids is 1. The van der Waals surface area contributed by atoms with Crippen LogP contribution in [0, 0.1) is 23.7 Å². The lowest BCUT2D eigenvalue weighted by Gasteiger charge is -2.33. The van der Waals surface area contributed by atoms with Gasteiger partial charge in [0, 0.05) is 0 Å². The first kappa shape index (κ1) is 21.2. The van der Waals surface area contributed by atoms with Crippen molar-refractivity contribution in [1.29, 1.82) is 0 Å². The average Bonchev–Trinajstić information content (AvgIpc) is 2.97. The molecular formula is C24H36O4. The molecule has 0 unspecified atom stereocenters. The normalized spacial score (nSPS) is 27.1. The topological polar surface area (TPSA) is 66.8 Å². The number of carboxylic acids is 1. The molecule has 2 N–H and O–H groups in total. The average molecular weight is 389 g/mol. The quantitative estimate of drug-likeness (QED) is 0.562. The monoisotopic (exact) mass is 388 g/mol. The Morgan fingerprint density at radius 1 is 1.25 bits per heavy atom. The second kappa shape index (κ2) is 9.78. The second-order valence-electron chi connectivity index (χ2n) is 9.01. The highest BCUT2D eigenvalue weighted by Crippen LogP contribution is 2.50. The van der Waals surface area contributed by atoms with E-state index in [1.54, 1.807) is 0 Å². The van der Waals surface area contributed by atoms with E-state index in [0.717, 1.165) is 44.3 Å². The molecule has 1 aromatic carbocycles. The van der Waals surface area contributed by atoms with Crippen LogP contribution in [0.2, 0.25) is 0 Å². The van der Waals surface area contributed by atoms with Gasteiger partial charge in [0.05, 0.1) is 6.10 Å². The van der Waals surface area contributed by atoms with Crippen molar-refractivity contribution < 1.29 is 19.7 Å². The Labute approximate surface area is 169 Å². The van der Waals surface area contributed by atoms with Crippen molar-refractivity contribution in [3.05, 3.63) is 29.3 Å². The molecule has 3 rings (SSSR count). The van der Waals surface area contributed by atoms with Crippen molar-refractivity contribution in [1.82, 2.24) is 0 Å². The smallest absolute Gasteiger partial charge is 0.341 e. The summed E-state index contributed by atoms with van der Waals surface area (Å²) in [5.41, 5.74) is 2.55. The Balaban J connectivity index is 1.62. The third-order valence-electron chi connectivity index (χ3n) is 7.04. The fourth-order valence-corrected chi connectivity index (χ4v) is 5.63. The first-order valence-electron chi connectivity index (χ1n) is 11.1. The molecule has 0 bridgehead atoms. The third-order valence-corrected chi connectivity index (χ3v) is 7.04. The van der Waals surface area contributed by atoms with Gasteiger partial charge in [-0.3, -0.25) is 0 Å². The summed E-state index contributed by atoms with van der Waals surface area (Å²) in [7, 11) is 0. The molecule has 4 heteroatoms. The lowest BCUT2D eigenvalue weighted by atomic mass is 9.73. The summed E-state index contributed by atoms with van der Waals surface area (Å²) in [6.07, 6.45) is 9.68. The maximum atomic E-state index is 10.9. The zero-order chi connectivity index (χ0) is 20.1. The van der Waals surface area contributed by atoms with Crippen LogP contribution in [0.4, 0.5) is 0 Å². The summed E-state index contributed by atoms with van der Waals surface area (Å²) in [6, 6.07) is 6.07. The summed E-state index contributed by atoms with van der Waals surface area (Å²) in [5.74, 6) is 2.52. The molecule has 28 heavy (non-hydrogen) atoms. The van der Waals surface area contributed by atoms with Crippen molar-refractivity contribution in [2.75, 3.05) is 6.61 Å². The van der Waals surface area contributed by atoms with Gasteiger partial charge in [-0.2, -0.15) is 0 Å². The minimum Gasteiger partial charge on any atom is -0.482 e. The number of benzene rings is 1. The predicted octanol–water partition coefficient (Wildman–Crippen LogP) is 4.86. The van der Waals surface area contributed by atoms with Crippen molar-refractivity contribution >= 4 is 5.97 Å². The molecule has 5 atom stereocenters. The number of hydrogen-bond donors (Lipinski definition) is 2. The zero-order valence-corrected chi connectivity index (χ0v) is 17.4. The van der Waals surface area contributed by atoms with Gasteiger partial charge in [0.25, 0.3) is 0 Å². The lowest BCUT2D eigenvalue weighted by Crippen LogP contribution is -2.27. The van der Waals surface area contributed by atoms with E-state index in [-0.39, 0.29) is 12.7 Å². The molecule has 0 aliphatic heterocycles. The van der Waals surface area contributed by atoms with E-state index >= 15 is 0 Å². The maximum absolute atomic E-state index is 10.9. The molecule has 0 spiro atoms. The van der Waals surface area contributed by atoms with E-state index in [2.05, 4.69) is 19.9 Å². The molecule has 0 amide bonds. The number of ether oxygens (including phenoxy) is 1. The SMILES string of the molecule is CCCCC[C@H](O)CC[C@@H]1[C@H]2Cc3cccc(OCC(=O)O)c3C[C@H]2C[C@H]1C. The molecule has 1 fully saturated rings. The fourth-order valence-electron chi connectivity index (χ4n) is 5.63. The number of rotatable bonds is 10. The van der Waals surface area contributed by atoms with Gasteiger partial charge in [0.1, 0.15) is 5.75 Å². The van der Waals surface area contributed by atoms with Gasteiger partial charge in [-0.25, -0.2) is 4.79 Å². The van der Waals surface area contributed by atoms with E-state index in [0.29, 0.717) is 23.7 Å². The molecule has 4 nitrogen and oxygen atoms in total. The zero-order valence-electron chi connectivity index (χ0n) is 17.4. The van der Waals surface area contributed by atoms with Crippen LogP contribution in [0.25, 0.3) is 0 Å². The number of carbonyl (C=O) groups is 1. The number of hydrogen-bond acceptors (Lipinski definition) is 3. The van der Waals surface area contributed by atoms with Crippen LogP contribution >= 0.6 is 0 Å². The van der Waals surface area contributed by atoms with Crippen LogP contribution in [0.3, 0.4) is 0 Å². The predicted molar refractivity (Wildman–Crippen MR) is 111 cm³/mol. The summed E-state index contributed by atoms with van der Waals surface area (Å²) < 4.78 is 5.56. The Morgan fingerprint density at radius 3 is 2.82 bits per heavy atom. The van der Waals surface area contributed by atoms with E-state index in [9.17, 15) is 9.90 Å². The molecule has 0 heterocycles. The fraction of sp³-hybridized carbons (Fsp3) is 0.708. The Hall–Kier alpha value is -1.55. The summed E-state index contributed by atoms with van der Waals surface area (Å²) in [5, 5.41) is 19.3. The third kappa shape index (κ3) is 5.08. The minimum absolute atomic E-state index is 0.148. The second-order valence-corrected chi connectivity index (χ2v) is 9.01. The standard InChI is InChI=1S/C24H36O4/c1-3-4-5-8-19(25)10-11-20-16(2)12-18-14-22-17(13-21(18)20)7-6-9-23(22)28-15-24(26)27/h6-7,9,16,18-21,25H,3-5,8,10-15H2,1-2H3,(H,26,27)/t16-,18-,19+,20+,21+/m1/s1. The maximum Gasteiger partial charge on any atom is 0.341 e. The number of fused-ring (bicyclic) bond motifs is 2. The van der Waals surface area contributed by atoms with E-state index < -0.39 is 5.97 Å². The molecule has 0 aromatic heterocycles. The Bertz CT molecular complexity index is 656. The molecule has 1 aromatic rings. The van der Waals surface area contributed by atoms with Gasteiger partial charge in [-0.05, 0) is 79.4 Å². The van der Waals surface area contributed by atoms with Gasteiger partial charge in [0.2, 0.25) is 0 Å². The number of aliphatic hydroxyl groups excluding tert-OH is 1. The molecule has 156 valence electrons. The van der Waals surface area contributed by atoms with Crippen LogP contribution in [0.1, 0.15) is 69.9 Å². The molecular weight excluding hydrogens is 352 g/mol. The van der Waals surface area contributed by atoms with Crippen LogP contribution in [-0.4, -0.2) is 28.9 Å². The van der Waals surface area contributed by atoms with Crippen LogP contribution in [-0.2, 0) is 17.6 Å². The van der Waals surface area contributed by atoms with Crippen molar-refractivity contribution in [2.24, 2.45) is 23.7 Å². The van der Waals surface area contributed by atoms with Crippen LogP contribution in [0.5, 0.6) is 5.75 Å². The van der Waals surface area contributed by atoms with Crippen molar-refractivity contribution in [3.8, 4) is 5.75 Å². The summed E-state index contributed by atoms with van der Waals surface area (Å²) in [4.78, 5) is 10.9. The van der Waals surface area contributed by atoms with Gasteiger partial charge < -0.3 is 14.9 Å². The van der Waals surface area contributed by atoms with Gasteiger partial charge in [-0.1, -0.05) is 45.2 Å². The van der Waals surface area contributed by atoms with Crippen molar-refractivity contribution in [3.63, 3.8) is 0 Å². The molecule has 2 aliphatic carbocycles. The first-order chi connectivity index (χ1) is 13.5. The summed E-state index contributed by atoms with van der Waals surface area (Å²) >= 11 is 0. The van der Waals surface area contributed by atoms with Crippen molar-refractivity contribution in [2.45, 2.75) is 77.7 Å². The van der Waals surface area contributed by atoms with Gasteiger partial charge >= 0.3 is 5.97 Å². The lowest BCUT2D eigenvalue weighted by molar-refractivity contribution is -0.139. The van der Waals surface area contributed by atoms with Crippen LogP contribution < -0.4 is 4.74 Å². The van der Waals surface area contributed by atoms with E-state index in [1.807, 2.05) is 12.1 Å². The highest BCUT2D eigenvalue weighted by molar-refractivity contribution is 5.68. The largest absolute Gasteiger partial charge is 0.482 e. The van der Waals surface area contributed by atoms with Gasteiger partial charge in [0.15, 0.2) is 6.61 Å². The molecule has 2 aliphatic rings. The van der Waals surface area contributed by atoms with Gasteiger partial charge in [-0.15, -0.1) is 0 Å². The Kier molecular flexibility index (Phi) is 7.39. The highest BCUT2D eigenvalue weighted by Gasteiger charge is 2.43. The molecule has 1 saturated carbocycles. The number of aliphatic hydroxyl groups is 1. The highest BCUT2D eigenvalue weighted by atomic mass is 16.5.